The number of rotatable bonds is 4. The molecule has 1 fully saturated rings. The molecule has 1 amide bonds. The summed E-state index contributed by atoms with van der Waals surface area (Å²) in [6, 6.07) is 5.29. The van der Waals surface area contributed by atoms with Crippen LogP contribution < -0.4 is 4.90 Å². The predicted molar refractivity (Wildman–Crippen MR) is 135 cm³/mol. The second kappa shape index (κ2) is 8.92. The lowest BCUT2D eigenvalue weighted by molar-refractivity contribution is -0.151. The van der Waals surface area contributed by atoms with Crippen molar-refractivity contribution in [3.63, 3.8) is 0 Å². The van der Waals surface area contributed by atoms with E-state index in [4.69, 9.17) is 0 Å². The van der Waals surface area contributed by atoms with Crippen LogP contribution in [0.5, 0.6) is 0 Å². The SMILES string of the molecule is C[C@@H]1CN(c2ncnc3c2c(-c2nncs2)cn3-c2cc(C#N)ccn2)[C@@H](C)CN1C(=O)C(C)(C)O. The lowest BCUT2D eigenvalue weighted by Crippen LogP contribution is -2.61. The first kappa shape index (κ1) is 23.8. The Kier molecular flexibility index (Phi) is 5.89. The zero-order valence-corrected chi connectivity index (χ0v) is 21.1. The molecule has 4 aromatic heterocycles. The second-order valence-corrected chi connectivity index (χ2v) is 10.3. The van der Waals surface area contributed by atoms with Gasteiger partial charge in [0.2, 0.25) is 0 Å². The second-order valence-electron chi connectivity index (χ2n) is 9.43. The number of carbonyl (C=O) groups is 1. The first-order chi connectivity index (χ1) is 17.2. The van der Waals surface area contributed by atoms with Crippen molar-refractivity contribution in [1.29, 1.82) is 5.26 Å². The maximum Gasteiger partial charge on any atom is 0.254 e. The standard InChI is InChI=1S/C24H25N9O2S/c1-14-10-32(23(34)24(3,4)35)15(2)9-31(14)20-19-17(22-30-29-13-36-22)11-33(21(19)28-12-27-20)18-7-16(8-25)5-6-26-18/h5-7,11-15,35H,9-10H2,1-4H3/t14-,15+/m0/s1. The Morgan fingerprint density at radius 3 is 2.72 bits per heavy atom. The lowest BCUT2D eigenvalue weighted by Gasteiger charge is -2.46. The fourth-order valence-electron chi connectivity index (χ4n) is 4.57. The summed E-state index contributed by atoms with van der Waals surface area (Å²) in [6.45, 7) is 7.99. The molecule has 1 saturated heterocycles. The first-order valence-electron chi connectivity index (χ1n) is 11.5. The van der Waals surface area contributed by atoms with Crippen LogP contribution in [0.3, 0.4) is 0 Å². The molecule has 0 aromatic carbocycles. The van der Waals surface area contributed by atoms with Crippen LogP contribution in [-0.2, 0) is 4.79 Å². The maximum atomic E-state index is 12.8. The summed E-state index contributed by atoms with van der Waals surface area (Å²) in [5.74, 6) is 0.982. The van der Waals surface area contributed by atoms with Crippen molar-refractivity contribution in [2.24, 2.45) is 0 Å². The van der Waals surface area contributed by atoms with Crippen molar-refractivity contribution in [2.75, 3.05) is 18.0 Å². The number of hydrogen-bond donors (Lipinski definition) is 1. The number of nitrogens with zero attached hydrogens (tertiary/aromatic N) is 9. The van der Waals surface area contributed by atoms with E-state index in [-0.39, 0.29) is 18.0 Å². The Hall–Kier alpha value is -3.95. The van der Waals surface area contributed by atoms with Gasteiger partial charge in [-0.05, 0) is 39.8 Å². The molecule has 0 unspecified atom stereocenters. The molecular formula is C24H25N9O2S. The highest BCUT2D eigenvalue weighted by Crippen LogP contribution is 2.38. The number of hydrogen-bond acceptors (Lipinski definition) is 10. The van der Waals surface area contributed by atoms with Crippen LogP contribution in [0.1, 0.15) is 33.3 Å². The average Bonchev–Trinajstić information content (AvgIpc) is 3.52. The Balaban J connectivity index is 1.64. The Bertz CT molecular complexity index is 1470. The third-order valence-corrected chi connectivity index (χ3v) is 7.04. The van der Waals surface area contributed by atoms with Crippen LogP contribution >= 0.6 is 11.3 Å². The fourth-order valence-corrected chi connectivity index (χ4v) is 5.14. The van der Waals surface area contributed by atoms with E-state index in [0.29, 0.717) is 35.1 Å². The highest BCUT2D eigenvalue weighted by Gasteiger charge is 2.39. The molecule has 0 saturated carbocycles. The monoisotopic (exact) mass is 503 g/mol. The number of anilines is 1. The highest BCUT2D eigenvalue weighted by molar-refractivity contribution is 7.12. The van der Waals surface area contributed by atoms with Gasteiger partial charge in [0.25, 0.3) is 5.91 Å². The predicted octanol–water partition coefficient (Wildman–Crippen LogP) is 2.40. The minimum absolute atomic E-state index is 0.0729. The summed E-state index contributed by atoms with van der Waals surface area (Å²) in [5, 5.41) is 29.5. The Labute approximate surface area is 211 Å². The third-order valence-electron chi connectivity index (χ3n) is 6.32. The molecular weight excluding hydrogens is 478 g/mol. The van der Waals surface area contributed by atoms with E-state index in [1.54, 1.807) is 28.7 Å². The molecule has 1 aliphatic heterocycles. The highest BCUT2D eigenvalue weighted by atomic mass is 32.1. The van der Waals surface area contributed by atoms with Gasteiger partial charge in [0.05, 0.1) is 17.0 Å². The van der Waals surface area contributed by atoms with Crippen molar-refractivity contribution >= 4 is 34.1 Å². The Morgan fingerprint density at radius 2 is 2.03 bits per heavy atom. The Morgan fingerprint density at radius 1 is 1.22 bits per heavy atom. The summed E-state index contributed by atoms with van der Waals surface area (Å²) in [7, 11) is 0. The smallest absolute Gasteiger partial charge is 0.254 e. The van der Waals surface area contributed by atoms with Gasteiger partial charge in [-0.1, -0.05) is 11.3 Å². The van der Waals surface area contributed by atoms with Crippen molar-refractivity contribution in [2.45, 2.75) is 45.4 Å². The van der Waals surface area contributed by atoms with Crippen LogP contribution in [0.4, 0.5) is 5.82 Å². The minimum atomic E-state index is -1.44. The molecule has 36 heavy (non-hydrogen) atoms. The van der Waals surface area contributed by atoms with E-state index >= 15 is 0 Å². The topological polar surface area (TPSA) is 137 Å². The first-order valence-corrected chi connectivity index (χ1v) is 12.4. The molecule has 12 heteroatoms. The van der Waals surface area contributed by atoms with E-state index in [2.05, 4.69) is 36.1 Å². The quantitative estimate of drug-likeness (QED) is 0.445. The molecule has 0 aliphatic carbocycles. The van der Waals surface area contributed by atoms with Gasteiger partial charge >= 0.3 is 0 Å². The van der Waals surface area contributed by atoms with Crippen LogP contribution in [0.2, 0.25) is 0 Å². The molecule has 184 valence electrons. The molecule has 0 spiro atoms. The molecule has 1 aliphatic rings. The zero-order valence-electron chi connectivity index (χ0n) is 20.3. The van der Waals surface area contributed by atoms with Crippen molar-refractivity contribution in [3.8, 4) is 22.5 Å². The summed E-state index contributed by atoms with van der Waals surface area (Å²) >= 11 is 1.41. The van der Waals surface area contributed by atoms with Crippen LogP contribution in [0, 0.1) is 11.3 Å². The van der Waals surface area contributed by atoms with E-state index < -0.39 is 5.60 Å². The summed E-state index contributed by atoms with van der Waals surface area (Å²) in [5.41, 5.74) is 2.15. The molecule has 0 bridgehead atoms. The number of carbonyl (C=O) groups excluding carboxylic acids is 1. The maximum absolute atomic E-state index is 12.8. The van der Waals surface area contributed by atoms with Crippen molar-refractivity contribution < 1.29 is 9.90 Å². The zero-order chi connectivity index (χ0) is 25.6. The minimum Gasteiger partial charge on any atom is -0.381 e. The molecule has 0 radical (unpaired) electrons. The number of fused-ring (bicyclic) bond motifs is 1. The van der Waals surface area contributed by atoms with Crippen LogP contribution in [0.15, 0.2) is 36.4 Å². The summed E-state index contributed by atoms with van der Waals surface area (Å²) in [6.07, 6.45) is 5.00. The van der Waals surface area contributed by atoms with Gasteiger partial charge in [-0.15, -0.1) is 10.2 Å². The average molecular weight is 504 g/mol. The largest absolute Gasteiger partial charge is 0.381 e. The number of aromatic nitrogens is 6. The van der Waals surface area contributed by atoms with E-state index in [1.807, 2.05) is 24.6 Å². The van der Waals surface area contributed by atoms with E-state index in [1.165, 1.54) is 31.5 Å². The van der Waals surface area contributed by atoms with E-state index in [9.17, 15) is 15.2 Å². The van der Waals surface area contributed by atoms with Gasteiger partial charge in [-0.3, -0.25) is 9.36 Å². The van der Waals surface area contributed by atoms with Crippen molar-refractivity contribution in [1.82, 2.24) is 34.6 Å². The normalized spacial score (nSPS) is 18.4. The summed E-state index contributed by atoms with van der Waals surface area (Å²) in [4.78, 5) is 30.5. The lowest BCUT2D eigenvalue weighted by atomic mass is 10.0. The molecule has 4 aromatic rings. The molecule has 5 rings (SSSR count). The number of nitriles is 1. The fraction of sp³-hybridized carbons (Fsp3) is 0.375. The van der Waals surface area contributed by atoms with Gasteiger partial charge in [-0.25, -0.2) is 15.0 Å². The number of pyridine rings is 1. The van der Waals surface area contributed by atoms with Crippen molar-refractivity contribution in [3.05, 3.63) is 41.9 Å². The van der Waals surface area contributed by atoms with Gasteiger partial charge in [0.15, 0.2) is 5.65 Å². The number of amides is 1. The van der Waals surface area contributed by atoms with Gasteiger partial charge in [-0.2, -0.15) is 5.26 Å². The van der Waals surface area contributed by atoms with Crippen LogP contribution in [-0.4, -0.2) is 76.4 Å². The van der Waals surface area contributed by atoms with Gasteiger partial charge in [0.1, 0.15) is 34.1 Å². The van der Waals surface area contributed by atoms with Crippen LogP contribution in [0.25, 0.3) is 27.4 Å². The molecule has 5 heterocycles. The number of piperazine rings is 1. The van der Waals surface area contributed by atoms with E-state index in [0.717, 1.165) is 16.8 Å². The van der Waals surface area contributed by atoms with Gasteiger partial charge in [0, 0.05) is 43.1 Å². The molecule has 11 nitrogen and oxygen atoms in total. The number of aliphatic hydroxyl groups is 1. The summed E-state index contributed by atoms with van der Waals surface area (Å²) < 4.78 is 1.83. The van der Waals surface area contributed by atoms with Gasteiger partial charge < -0.3 is 14.9 Å². The third kappa shape index (κ3) is 4.06. The molecule has 1 N–H and O–H groups in total. The molecule has 2 atom stereocenters.